The molecule has 0 radical (unpaired) electrons. The number of benzene rings is 1. The maximum Gasteiger partial charge on any atom is 0.257 e. The Labute approximate surface area is 90.9 Å². The maximum absolute atomic E-state index is 12.4. The van der Waals surface area contributed by atoms with Crippen LogP contribution in [0.4, 0.5) is 8.78 Å². The molecule has 0 amide bonds. The number of nitrogens with zero attached hydrogens (tertiary/aromatic N) is 1. The molecule has 0 unspecified atom stereocenters. The van der Waals surface area contributed by atoms with Gasteiger partial charge in [-0.15, -0.1) is 0 Å². The molecule has 3 N–H and O–H groups in total. The van der Waals surface area contributed by atoms with Crippen LogP contribution < -0.4 is 10.5 Å². The Kier molecular flexibility index (Phi) is 3.64. The van der Waals surface area contributed by atoms with E-state index in [1.54, 1.807) is 6.07 Å². The fraction of sp³-hybridized carbons (Fsp3) is 0.300. The molecule has 0 saturated carbocycles. The first-order valence-corrected chi connectivity index (χ1v) is 4.36. The van der Waals surface area contributed by atoms with Gasteiger partial charge in [0.05, 0.1) is 24.8 Å². The van der Waals surface area contributed by atoms with E-state index in [0.29, 0.717) is 0 Å². The molecule has 86 valence electrons. The first-order valence-electron chi connectivity index (χ1n) is 4.36. The van der Waals surface area contributed by atoms with Gasteiger partial charge in [-0.05, 0) is 6.07 Å². The van der Waals surface area contributed by atoms with Crippen LogP contribution in [0, 0.1) is 11.3 Å². The van der Waals surface area contributed by atoms with Crippen molar-refractivity contribution in [1.82, 2.24) is 0 Å². The molecular formula is C10H10F2N2O2. The summed E-state index contributed by atoms with van der Waals surface area (Å²) >= 11 is 0. The van der Waals surface area contributed by atoms with Crippen molar-refractivity contribution in [3.8, 4) is 17.6 Å². The van der Waals surface area contributed by atoms with E-state index in [4.69, 9.17) is 15.7 Å². The molecule has 0 aliphatic rings. The largest absolute Gasteiger partial charge is 0.504 e. The third kappa shape index (κ3) is 2.20. The molecular weight excluding hydrogens is 218 g/mol. The van der Waals surface area contributed by atoms with Crippen molar-refractivity contribution < 1.29 is 18.6 Å². The summed E-state index contributed by atoms with van der Waals surface area (Å²) in [6.45, 7) is 0. The minimum atomic E-state index is -2.83. The molecule has 1 rings (SSSR count). The lowest BCUT2D eigenvalue weighted by molar-refractivity contribution is 0.115. The Morgan fingerprint density at radius 3 is 2.56 bits per heavy atom. The van der Waals surface area contributed by atoms with Gasteiger partial charge in [-0.1, -0.05) is 0 Å². The molecule has 0 aromatic heterocycles. The first kappa shape index (κ1) is 12.2. The summed E-state index contributed by atoms with van der Waals surface area (Å²) in [5.74, 6) is -0.514. The highest BCUT2D eigenvalue weighted by Gasteiger charge is 2.23. The second kappa shape index (κ2) is 4.77. The number of rotatable bonds is 3. The third-order valence-corrected chi connectivity index (χ3v) is 2.08. The standard InChI is InChI=1S/C10H10F2N2O2/c1-16-7-3-5(4-13)2-6(9(7)15)8(14)10(11)12/h2-3,8,10,15H,14H2,1H3/t8-/m1/s1. The summed E-state index contributed by atoms with van der Waals surface area (Å²) in [7, 11) is 1.26. The number of ether oxygens (including phenoxy) is 1. The zero-order valence-electron chi connectivity index (χ0n) is 8.45. The minimum Gasteiger partial charge on any atom is -0.504 e. The molecule has 1 aromatic rings. The first-order chi connectivity index (χ1) is 7.51. The Balaban J connectivity index is 3.33. The molecule has 1 aromatic carbocycles. The SMILES string of the molecule is COc1cc(C#N)cc([C@@H](N)C(F)F)c1O. The van der Waals surface area contributed by atoms with Crippen molar-refractivity contribution in [3.05, 3.63) is 23.3 Å². The van der Waals surface area contributed by atoms with Crippen LogP contribution in [0.5, 0.6) is 11.5 Å². The lowest BCUT2D eigenvalue weighted by Crippen LogP contribution is -2.19. The van der Waals surface area contributed by atoms with Gasteiger partial charge in [-0.2, -0.15) is 5.26 Å². The molecule has 0 heterocycles. The van der Waals surface area contributed by atoms with Crippen molar-refractivity contribution >= 4 is 0 Å². The number of nitrogens with two attached hydrogens (primary N) is 1. The average Bonchev–Trinajstić information content (AvgIpc) is 2.28. The average molecular weight is 228 g/mol. The van der Waals surface area contributed by atoms with Crippen LogP contribution >= 0.6 is 0 Å². The molecule has 16 heavy (non-hydrogen) atoms. The number of phenols is 1. The van der Waals surface area contributed by atoms with Gasteiger partial charge in [0, 0.05) is 11.6 Å². The highest BCUT2D eigenvalue weighted by atomic mass is 19.3. The van der Waals surface area contributed by atoms with E-state index in [0.717, 1.165) is 6.07 Å². The Morgan fingerprint density at radius 2 is 2.12 bits per heavy atom. The lowest BCUT2D eigenvalue weighted by atomic mass is 10.0. The van der Waals surface area contributed by atoms with Gasteiger partial charge < -0.3 is 15.6 Å². The van der Waals surface area contributed by atoms with Crippen molar-refractivity contribution in [3.63, 3.8) is 0 Å². The highest BCUT2D eigenvalue weighted by Crippen LogP contribution is 2.36. The molecule has 0 fully saturated rings. The van der Waals surface area contributed by atoms with Crippen LogP contribution in [-0.2, 0) is 0 Å². The zero-order valence-corrected chi connectivity index (χ0v) is 8.45. The summed E-state index contributed by atoms with van der Waals surface area (Å²) in [5, 5.41) is 18.3. The Bertz CT molecular complexity index is 430. The monoisotopic (exact) mass is 228 g/mol. The number of halogens is 2. The van der Waals surface area contributed by atoms with E-state index in [-0.39, 0.29) is 16.9 Å². The molecule has 0 aliphatic heterocycles. The van der Waals surface area contributed by atoms with E-state index in [2.05, 4.69) is 0 Å². The fourth-order valence-corrected chi connectivity index (χ4v) is 1.24. The number of alkyl halides is 2. The minimum absolute atomic E-state index is 0.0508. The molecule has 0 bridgehead atoms. The number of aromatic hydroxyl groups is 1. The number of hydrogen-bond donors (Lipinski definition) is 2. The van der Waals surface area contributed by atoms with Crippen LogP contribution in [0.3, 0.4) is 0 Å². The topological polar surface area (TPSA) is 79.3 Å². The van der Waals surface area contributed by atoms with Gasteiger partial charge in [0.2, 0.25) is 0 Å². The summed E-state index contributed by atoms with van der Waals surface area (Å²) in [4.78, 5) is 0. The molecule has 4 nitrogen and oxygen atoms in total. The van der Waals surface area contributed by atoms with Crippen molar-refractivity contribution in [2.75, 3.05) is 7.11 Å². The van der Waals surface area contributed by atoms with Crippen LogP contribution in [-0.4, -0.2) is 18.6 Å². The third-order valence-electron chi connectivity index (χ3n) is 2.08. The maximum atomic E-state index is 12.4. The lowest BCUT2D eigenvalue weighted by Gasteiger charge is -2.15. The van der Waals surface area contributed by atoms with E-state index >= 15 is 0 Å². The van der Waals surface area contributed by atoms with Gasteiger partial charge in [0.15, 0.2) is 11.5 Å². The van der Waals surface area contributed by atoms with E-state index in [1.807, 2.05) is 0 Å². The predicted octanol–water partition coefficient (Wildman–Crippen LogP) is 1.54. The normalized spacial score (nSPS) is 12.2. The van der Waals surface area contributed by atoms with E-state index < -0.39 is 18.2 Å². The van der Waals surface area contributed by atoms with Crippen LogP contribution in [0.15, 0.2) is 12.1 Å². The molecule has 1 atom stereocenters. The number of nitriles is 1. The van der Waals surface area contributed by atoms with Crippen molar-refractivity contribution in [2.45, 2.75) is 12.5 Å². The van der Waals surface area contributed by atoms with Crippen LogP contribution in [0.25, 0.3) is 0 Å². The Hall–Kier alpha value is -1.87. The molecule has 0 aliphatic carbocycles. The van der Waals surface area contributed by atoms with E-state index in [9.17, 15) is 13.9 Å². The van der Waals surface area contributed by atoms with Gasteiger partial charge in [0.25, 0.3) is 6.43 Å². The molecule has 0 spiro atoms. The van der Waals surface area contributed by atoms with Gasteiger partial charge in [-0.3, -0.25) is 0 Å². The van der Waals surface area contributed by atoms with Crippen molar-refractivity contribution in [1.29, 1.82) is 5.26 Å². The summed E-state index contributed by atoms with van der Waals surface area (Å²) in [5.41, 5.74) is 5.11. The number of methoxy groups -OCH3 is 1. The second-order valence-corrected chi connectivity index (χ2v) is 3.09. The summed E-state index contributed by atoms with van der Waals surface area (Å²) in [6, 6.07) is 2.49. The van der Waals surface area contributed by atoms with Gasteiger partial charge in [-0.25, -0.2) is 8.78 Å². The summed E-state index contributed by atoms with van der Waals surface area (Å²) < 4.78 is 29.6. The van der Waals surface area contributed by atoms with Crippen LogP contribution in [0.1, 0.15) is 17.2 Å². The number of phenolic OH excluding ortho intramolecular Hbond substituents is 1. The highest BCUT2D eigenvalue weighted by molar-refractivity contribution is 5.52. The Morgan fingerprint density at radius 1 is 1.50 bits per heavy atom. The van der Waals surface area contributed by atoms with Crippen LogP contribution in [0.2, 0.25) is 0 Å². The smallest absolute Gasteiger partial charge is 0.257 e. The second-order valence-electron chi connectivity index (χ2n) is 3.09. The van der Waals surface area contributed by atoms with Crippen molar-refractivity contribution in [2.24, 2.45) is 5.73 Å². The van der Waals surface area contributed by atoms with E-state index in [1.165, 1.54) is 13.2 Å². The van der Waals surface area contributed by atoms with Gasteiger partial charge >= 0.3 is 0 Å². The summed E-state index contributed by atoms with van der Waals surface area (Å²) in [6.07, 6.45) is -2.83. The predicted molar refractivity (Wildman–Crippen MR) is 52.3 cm³/mol. The quantitative estimate of drug-likeness (QED) is 0.822. The number of hydrogen-bond acceptors (Lipinski definition) is 4. The molecule has 0 saturated heterocycles. The fourth-order valence-electron chi connectivity index (χ4n) is 1.24. The molecule has 6 heteroatoms. The van der Waals surface area contributed by atoms with Gasteiger partial charge in [0.1, 0.15) is 0 Å². The zero-order chi connectivity index (χ0) is 12.3.